The fraction of sp³-hybridized carbons (Fsp3) is 0.267. The number of anilines is 2. The molecule has 0 aromatic carbocycles. The van der Waals surface area contributed by atoms with Crippen LogP contribution in [0.25, 0.3) is 0 Å². The summed E-state index contributed by atoms with van der Waals surface area (Å²) in [6.07, 6.45) is 3.12. The van der Waals surface area contributed by atoms with E-state index in [1.807, 2.05) is 20.8 Å². The summed E-state index contributed by atoms with van der Waals surface area (Å²) in [6, 6.07) is 6.55. The van der Waals surface area contributed by atoms with Gasteiger partial charge in [0.05, 0.1) is 0 Å². The predicted molar refractivity (Wildman–Crippen MR) is 91.0 cm³/mol. The van der Waals surface area contributed by atoms with Gasteiger partial charge in [-0.05, 0) is 24.3 Å². The van der Waals surface area contributed by atoms with Crippen molar-refractivity contribution in [1.82, 2.24) is 9.97 Å². The third kappa shape index (κ3) is 6.74. The summed E-state index contributed by atoms with van der Waals surface area (Å²) >= 11 is 11.3. The summed E-state index contributed by atoms with van der Waals surface area (Å²) in [6.45, 7) is 5.52. The van der Waals surface area contributed by atoms with Gasteiger partial charge in [0.15, 0.2) is 0 Å². The number of carbonyl (C=O) groups excluding carboxylic acids is 1. The molecule has 0 saturated carbocycles. The van der Waals surface area contributed by atoms with Gasteiger partial charge >= 0.3 is 0 Å². The number of pyridine rings is 2. The molecule has 0 saturated heterocycles. The molecule has 118 valence electrons. The molecule has 22 heavy (non-hydrogen) atoms. The molecule has 0 spiro atoms. The predicted octanol–water partition coefficient (Wildman–Crippen LogP) is 4.04. The molecule has 0 atom stereocenters. The van der Waals surface area contributed by atoms with Crippen molar-refractivity contribution in [2.45, 2.75) is 20.8 Å². The van der Waals surface area contributed by atoms with Gasteiger partial charge in [-0.2, -0.15) is 0 Å². The summed E-state index contributed by atoms with van der Waals surface area (Å²) < 4.78 is 0. The minimum atomic E-state index is -0.427. The molecule has 0 aliphatic rings. The van der Waals surface area contributed by atoms with Crippen LogP contribution >= 0.6 is 23.2 Å². The lowest BCUT2D eigenvalue weighted by Gasteiger charge is -2.16. The minimum absolute atomic E-state index is 0.0766. The van der Waals surface area contributed by atoms with E-state index in [4.69, 9.17) is 28.9 Å². The minimum Gasteiger partial charge on any atom is -0.384 e. The van der Waals surface area contributed by atoms with Crippen LogP contribution in [-0.4, -0.2) is 15.9 Å². The van der Waals surface area contributed by atoms with Crippen LogP contribution in [0.4, 0.5) is 11.6 Å². The molecule has 2 rings (SSSR count). The second-order valence-corrected chi connectivity index (χ2v) is 6.34. The van der Waals surface area contributed by atoms with Crippen LogP contribution in [0.15, 0.2) is 36.7 Å². The van der Waals surface area contributed by atoms with Gasteiger partial charge in [0.25, 0.3) is 0 Å². The van der Waals surface area contributed by atoms with Crippen LogP contribution in [0.3, 0.4) is 0 Å². The van der Waals surface area contributed by atoms with Crippen molar-refractivity contribution in [2.75, 3.05) is 11.1 Å². The Balaban J connectivity index is 0.000000255. The first-order chi connectivity index (χ1) is 10.2. The largest absolute Gasteiger partial charge is 0.384 e. The first-order valence-electron chi connectivity index (χ1n) is 6.48. The third-order valence-electron chi connectivity index (χ3n) is 2.39. The van der Waals surface area contributed by atoms with Crippen molar-refractivity contribution in [3.63, 3.8) is 0 Å². The Morgan fingerprint density at radius 3 is 2.05 bits per heavy atom. The van der Waals surface area contributed by atoms with Gasteiger partial charge in [-0.3, -0.25) is 4.79 Å². The Labute approximate surface area is 139 Å². The summed E-state index contributed by atoms with van der Waals surface area (Å²) in [5, 5.41) is 3.87. The van der Waals surface area contributed by atoms with E-state index in [2.05, 4.69) is 15.3 Å². The van der Waals surface area contributed by atoms with Crippen LogP contribution in [-0.2, 0) is 4.79 Å². The molecule has 5 nitrogen and oxygen atoms in total. The van der Waals surface area contributed by atoms with Crippen molar-refractivity contribution < 1.29 is 4.79 Å². The maximum atomic E-state index is 11.6. The zero-order chi connectivity index (χ0) is 16.8. The van der Waals surface area contributed by atoms with E-state index < -0.39 is 5.41 Å². The van der Waals surface area contributed by atoms with Gasteiger partial charge in [-0.15, -0.1) is 0 Å². The highest BCUT2D eigenvalue weighted by Gasteiger charge is 2.21. The Kier molecular flexibility index (Phi) is 6.59. The van der Waals surface area contributed by atoms with Gasteiger partial charge in [0.1, 0.15) is 11.6 Å². The molecule has 0 fully saturated rings. The number of aromatic nitrogens is 2. The number of amides is 1. The van der Waals surface area contributed by atoms with Crippen LogP contribution in [0.5, 0.6) is 0 Å². The molecule has 2 aromatic rings. The van der Waals surface area contributed by atoms with Gasteiger partial charge in [-0.25, -0.2) is 9.97 Å². The van der Waals surface area contributed by atoms with Crippen LogP contribution in [0.1, 0.15) is 20.8 Å². The van der Waals surface area contributed by atoms with Crippen LogP contribution in [0, 0.1) is 5.41 Å². The molecule has 7 heteroatoms. The molecule has 2 heterocycles. The fourth-order valence-corrected chi connectivity index (χ4v) is 1.53. The Hall–Kier alpha value is -1.85. The number of hydrogen-bond acceptors (Lipinski definition) is 4. The normalized spacial score (nSPS) is 10.4. The smallest absolute Gasteiger partial charge is 0.230 e. The molecule has 1 amide bonds. The number of halogens is 2. The molecule has 0 radical (unpaired) electrons. The lowest BCUT2D eigenvalue weighted by molar-refractivity contribution is -0.123. The number of rotatable bonds is 1. The van der Waals surface area contributed by atoms with Crippen LogP contribution in [0.2, 0.25) is 10.0 Å². The topological polar surface area (TPSA) is 80.9 Å². The highest BCUT2D eigenvalue weighted by Crippen LogP contribution is 2.17. The standard InChI is InChI=1S/C10H13ClN2O.C5H5ClN2/c1-10(2,3)9(14)13-8-6-7(11)4-5-12-8;6-4-1-2-8-5(7)3-4/h4-6H,1-3H3,(H,12,13,14);1-3H,(H2,7,8). The summed E-state index contributed by atoms with van der Waals surface area (Å²) in [5.41, 5.74) is 4.84. The van der Waals surface area contributed by atoms with Crippen molar-refractivity contribution in [3.05, 3.63) is 46.7 Å². The summed E-state index contributed by atoms with van der Waals surface area (Å²) in [7, 11) is 0. The number of hydrogen-bond donors (Lipinski definition) is 2. The lowest BCUT2D eigenvalue weighted by Crippen LogP contribution is -2.27. The molecular weight excluding hydrogens is 323 g/mol. The van der Waals surface area contributed by atoms with Crippen molar-refractivity contribution in [3.8, 4) is 0 Å². The van der Waals surface area contributed by atoms with Gasteiger partial charge < -0.3 is 11.1 Å². The molecule has 0 unspecified atom stereocenters. The quantitative estimate of drug-likeness (QED) is 0.820. The monoisotopic (exact) mass is 340 g/mol. The van der Waals surface area contributed by atoms with Crippen molar-refractivity contribution >= 4 is 40.7 Å². The number of nitrogens with zero attached hydrogens (tertiary/aromatic N) is 2. The molecule has 3 N–H and O–H groups in total. The van der Waals surface area contributed by atoms with Gasteiger partial charge in [-0.1, -0.05) is 44.0 Å². The zero-order valence-electron chi connectivity index (χ0n) is 12.6. The molecular formula is C15H18Cl2N4O. The van der Waals surface area contributed by atoms with E-state index in [0.717, 1.165) is 0 Å². The number of nitrogens with two attached hydrogens (primary N) is 1. The fourth-order valence-electron chi connectivity index (χ4n) is 1.20. The Morgan fingerprint density at radius 2 is 1.64 bits per heavy atom. The molecule has 0 aliphatic carbocycles. The molecule has 0 aliphatic heterocycles. The van der Waals surface area contributed by atoms with E-state index in [9.17, 15) is 4.79 Å². The lowest BCUT2D eigenvalue weighted by atomic mass is 9.96. The van der Waals surface area contributed by atoms with E-state index in [1.54, 1.807) is 36.7 Å². The van der Waals surface area contributed by atoms with Gasteiger partial charge in [0.2, 0.25) is 5.91 Å². The van der Waals surface area contributed by atoms with Crippen molar-refractivity contribution in [1.29, 1.82) is 0 Å². The molecule has 2 aromatic heterocycles. The van der Waals surface area contributed by atoms with E-state index in [-0.39, 0.29) is 5.91 Å². The average molecular weight is 341 g/mol. The summed E-state index contributed by atoms with van der Waals surface area (Å²) in [4.78, 5) is 19.3. The molecule has 0 bridgehead atoms. The average Bonchev–Trinajstić information content (AvgIpc) is 2.38. The highest BCUT2D eigenvalue weighted by molar-refractivity contribution is 6.31. The van der Waals surface area contributed by atoms with Crippen molar-refractivity contribution in [2.24, 2.45) is 5.41 Å². The maximum Gasteiger partial charge on any atom is 0.230 e. The Morgan fingerprint density at radius 1 is 1.09 bits per heavy atom. The van der Waals surface area contributed by atoms with E-state index >= 15 is 0 Å². The first-order valence-corrected chi connectivity index (χ1v) is 7.24. The van der Waals surface area contributed by atoms with Crippen LogP contribution < -0.4 is 11.1 Å². The third-order valence-corrected chi connectivity index (χ3v) is 2.86. The number of nitrogen functional groups attached to an aromatic ring is 1. The second-order valence-electron chi connectivity index (χ2n) is 5.46. The Bertz CT molecular complexity index is 624. The first kappa shape index (κ1) is 18.2. The highest BCUT2D eigenvalue weighted by atomic mass is 35.5. The van der Waals surface area contributed by atoms with E-state index in [1.165, 1.54) is 0 Å². The number of carbonyl (C=O) groups is 1. The second kappa shape index (κ2) is 7.96. The zero-order valence-corrected chi connectivity index (χ0v) is 14.1. The van der Waals surface area contributed by atoms with E-state index in [0.29, 0.717) is 21.7 Å². The SMILES string of the molecule is CC(C)(C)C(=O)Nc1cc(Cl)ccn1.Nc1cc(Cl)ccn1. The summed E-state index contributed by atoms with van der Waals surface area (Å²) in [5.74, 6) is 0.863. The maximum absolute atomic E-state index is 11.6. The number of nitrogens with one attached hydrogen (secondary N) is 1. The van der Waals surface area contributed by atoms with Gasteiger partial charge in [0, 0.05) is 27.9 Å².